The molecule has 1 aromatic heterocycles. The Morgan fingerprint density at radius 2 is 1.67 bits per heavy atom. The highest BCUT2D eigenvalue weighted by molar-refractivity contribution is 6.04. The average molecular weight is 691 g/mol. The molecule has 0 radical (unpaired) electrons. The Balaban J connectivity index is 0.894. The van der Waals surface area contributed by atoms with Crippen LogP contribution in [0.1, 0.15) is 46.5 Å². The smallest absolute Gasteiger partial charge is 0.272 e. The van der Waals surface area contributed by atoms with Gasteiger partial charge in [-0.1, -0.05) is 12.1 Å². The van der Waals surface area contributed by atoms with E-state index in [9.17, 15) is 14.4 Å². The molecule has 0 unspecified atom stereocenters. The molecule has 0 aliphatic carbocycles. The fourth-order valence-electron chi connectivity index (χ4n) is 6.73. The van der Waals surface area contributed by atoms with Gasteiger partial charge in [0.15, 0.2) is 11.5 Å². The Morgan fingerprint density at radius 1 is 0.922 bits per heavy atom. The molecule has 0 saturated carbocycles. The number of hydrogen-bond acceptors (Lipinski definition) is 8. The fraction of sp³-hybridized carbons (Fsp3) is 0.333. The topological polar surface area (TPSA) is 127 Å². The Bertz CT molecular complexity index is 1930. The van der Waals surface area contributed by atoms with E-state index >= 15 is 0 Å². The predicted molar refractivity (Wildman–Crippen MR) is 197 cm³/mol. The maximum Gasteiger partial charge on any atom is 0.272 e. The summed E-state index contributed by atoms with van der Waals surface area (Å²) in [5.41, 5.74) is 5.93. The van der Waals surface area contributed by atoms with Crippen molar-refractivity contribution >= 4 is 46.7 Å². The average Bonchev–Trinajstić information content (AvgIpc) is 3.77. The number of benzene rings is 3. The van der Waals surface area contributed by atoms with Crippen LogP contribution in [0, 0.1) is 0 Å². The van der Waals surface area contributed by atoms with Gasteiger partial charge in [0.25, 0.3) is 11.8 Å². The van der Waals surface area contributed by atoms with Gasteiger partial charge in [-0.3, -0.25) is 19.4 Å². The molecule has 0 spiro atoms. The van der Waals surface area contributed by atoms with Crippen molar-refractivity contribution in [3.05, 3.63) is 84.2 Å². The van der Waals surface area contributed by atoms with Crippen LogP contribution in [-0.2, 0) is 16.6 Å². The van der Waals surface area contributed by atoms with Crippen LogP contribution in [0.15, 0.2) is 77.9 Å². The molecule has 0 bridgehead atoms. The number of anilines is 3. The van der Waals surface area contributed by atoms with Crippen molar-refractivity contribution in [3.8, 4) is 22.6 Å². The van der Waals surface area contributed by atoms with E-state index in [1.807, 2.05) is 79.0 Å². The monoisotopic (exact) mass is 690 g/mol. The zero-order chi connectivity index (χ0) is 35.3. The number of amides is 3. The fourth-order valence-corrected chi connectivity index (χ4v) is 6.73. The molecule has 4 aromatic rings. The van der Waals surface area contributed by atoms with Gasteiger partial charge >= 0.3 is 0 Å². The van der Waals surface area contributed by atoms with Crippen molar-refractivity contribution < 1.29 is 28.6 Å². The van der Waals surface area contributed by atoms with Crippen LogP contribution in [0.4, 0.5) is 22.7 Å². The van der Waals surface area contributed by atoms with E-state index in [1.54, 1.807) is 16.7 Å². The standard InChI is InChI=1S/C39H42N6O6/c1-43-25-27(21-34(43)38(47)42-29-11-13-30(14-12-29)44-16-19-50-20-17-44)26-7-9-28(10-8-26)41-37(46)6-4-18-51-36-23-33-32(22-35(36)49-2)39(48)45-15-3-5-31(45)24-40-33/h7-14,21-25,31H,3-6,15-20H2,1-2H3,(H,41,46)(H,42,47)/t31-/m0/s1. The van der Waals surface area contributed by atoms with Crippen LogP contribution >= 0.6 is 0 Å². The number of carbonyl (C=O) groups excluding carboxylic acids is 3. The lowest BCUT2D eigenvalue weighted by atomic mass is 10.1. The van der Waals surface area contributed by atoms with E-state index in [4.69, 9.17) is 14.2 Å². The molecule has 3 aliphatic heterocycles. The number of rotatable bonds is 11. The second kappa shape index (κ2) is 15.1. The number of methoxy groups -OCH3 is 1. The van der Waals surface area contributed by atoms with Gasteiger partial charge in [0.1, 0.15) is 5.69 Å². The third-order valence-electron chi connectivity index (χ3n) is 9.50. The van der Waals surface area contributed by atoms with Crippen molar-refractivity contribution in [2.45, 2.75) is 31.7 Å². The van der Waals surface area contributed by atoms with Gasteiger partial charge in [0.05, 0.1) is 44.2 Å². The van der Waals surface area contributed by atoms with Crippen LogP contribution < -0.4 is 25.0 Å². The lowest BCUT2D eigenvalue weighted by molar-refractivity contribution is -0.116. The molecule has 2 saturated heterocycles. The van der Waals surface area contributed by atoms with Crippen LogP contribution in [-0.4, -0.2) is 86.0 Å². The summed E-state index contributed by atoms with van der Waals surface area (Å²) in [4.78, 5) is 47.7. The zero-order valence-electron chi connectivity index (χ0n) is 28.9. The summed E-state index contributed by atoms with van der Waals surface area (Å²) in [6, 6.07) is 20.7. The Hall–Kier alpha value is -5.62. The molecule has 4 heterocycles. The van der Waals surface area contributed by atoms with E-state index in [2.05, 4.69) is 20.5 Å². The predicted octanol–water partition coefficient (Wildman–Crippen LogP) is 5.91. The first kappa shape index (κ1) is 33.9. The summed E-state index contributed by atoms with van der Waals surface area (Å²) in [5, 5.41) is 5.94. The van der Waals surface area contributed by atoms with E-state index in [1.165, 1.54) is 7.11 Å². The lowest BCUT2D eigenvalue weighted by Gasteiger charge is -2.28. The Labute approximate surface area is 297 Å². The second-order valence-corrected chi connectivity index (χ2v) is 12.9. The molecule has 12 heteroatoms. The molecule has 2 N–H and O–H groups in total. The number of carbonyl (C=O) groups is 3. The van der Waals surface area contributed by atoms with Crippen LogP contribution in [0.5, 0.6) is 11.5 Å². The van der Waals surface area contributed by atoms with Gasteiger partial charge in [-0.25, -0.2) is 0 Å². The number of aryl methyl sites for hydroxylation is 1. The Morgan fingerprint density at radius 3 is 2.43 bits per heavy atom. The minimum atomic E-state index is -0.194. The summed E-state index contributed by atoms with van der Waals surface area (Å²) in [6.45, 7) is 4.17. The number of morpholine rings is 1. The lowest BCUT2D eigenvalue weighted by Crippen LogP contribution is -2.36. The van der Waals surface area contributed by atoms with Crippen LogP contribution in [0.3, 0.4) is 0 Å². The molecule has 1 atom stereocenters. The maximum absolute atomic E-state index is 13.1. The van der Waals surface area contributed by atoms with Gasteiger partial charge in [0, 0.05) is 74.2 Å². The highest BCUT2D eigenvalue weighted by atomic mass is 16.5. The van der Waals surface area contributed by atoms with Crippen molar-refractivity contribution in [2.75, 3.05) is 62.1 Å². The van der Waals surface area contributed by atoms with E-state index in [-0.39, 0.29) is 36.8 Å². The van der Waals surface area contributed by atoms with Crippen molar-refractivity contribution in [1.82, 2.24) is 9.47 Å². The zero-order valence-corrected chi connectivity index (χ0v) is 28.9. The van der Waals surface area contributed by atoms with Gasteiger partial charge in [-0.15, -0.1) is 0 Å². The van der Waals surface area contributed by atoms with Crippen molar-refractivity contribution in [1.29, 1.82) is 0 Å². The minimum absolute atomic E-state index is 0.0235. The summed E-state index contributed by atoms with van der Waals surface area (Å²) in [7, 11) is 3.39. The number of aromatic nitrogens is 1. The molecule has 12 nitrogen and oxygen atoms in total. The summed E-state index contributed by atoms with van der Waals surface area (Å²) >= 11 is 0. The molecule has 3 aromatic carbocycles. The summed E-state index contributed by atoms with van der Waals surface area (Å²) < 4.78 is 18.7. The first-order valence-electron chi connectivity index (χ1n) is 17.4. The first-order valence-corrected chi connectivity index (χ1v) is 17.4. The quantitative estimate of drug-likeness (QED) is 0.188. The van der Waals surface area contributed by atoms with Crippen LogP contribution in [0.2, 0.25) is 0 Å². The highest BCUT2D eigenvalue weighted by Crippen LogP contribution is 2.38. The van der Waals surface area contributed by atoms with Gasteiger partial charge in [0.2, 0.25) is 5.91 Å². The number of fused-ring (bicyclic) bond motifs is 2. The van der Waals surface area contributed by atoms with E-state index < -0.39 is 0 Å². The van der Waals surface area contributed by atoms with E-state index in [0.29, 0.717) is 40.6 Å². The minimum Gasteiger partial charge on any atom is -0.493 e. The molecular formula is C39H42N6O6. The second-order valence-electron chi connectivity index (χ2n) is 12.9. The van der Waals surface area contributed by atoms with Gasteiger partial charge in [-0.2, -0.15) is 0 Å². The third kappa shape index (κ3) is 7.60. The number of ether oxygens (including phenoxy) is 3. The molecular weight excluding hydrogens is 648 g/mol. The van der Waals surface area contributed by atoms with Crippen molar-refractivity contribution in [3.63, 3.8) is 0 Å². The molecule has 264 valence electrons. The van der Waals surface area contributed by atoms with E-state index in [0.717, 1.165) is 68.2 Å². The SMILES string of the molecule is COc1cc2c(cc1OCCCC(=O)Nc1ccc(-c3cc(C(=O)Nc4ccc(N5CCOCC5)cc4)n(C)c3)cc1)N=C[C@@H]1CCCN1C2=O. The molecule has 2 fully saturated rings. The summed E-state index contributed by atoms with van der Waals surface area (Å²) in [6.07, 6.45) is 6.38. The van der Waals surface area contributed by atoms with Gasteiger partial charge < -0.3 is 39.2 Å². The van der Waals surface area contributed by atoms with Crippen LogP contribution in [0.25, 0.3) is 11.1 Å². The summed E-state index contributed by atoms with van der Waals surface area (Å²) in [5.74, 6) is 0.574. The number of nitrogens with one attached hydrogen (secondary N) is 2. The normalized spacial score (nSPS) is 16.7. The largest absolute Gasteiger partial charge is 0.493 e. The maximum atomic E-state index is 13.1. The molecule has 3 amide bonds. The molecule has 7 rings (SSSR count). The highest BCUT2D eigenvalue weighted by Gasteiger charge is 2.32. The molecule has 51 heavy (non-hydrogen) atoms. The number of aliphatic imine (C=N–C) groups is 1. The first-order chi connectivity index (χ1) is 24.9. The third-order valence-corrected chi connectivity index (χ3v) is 9.50. The number of nitrogens with zero attached hydrogens (tertiary/aromatic N) is 4. The van der Waals surface area contributed by atoms with Crippen molar-refractivity contribution in [2.24, 2.45) is 12.0 Å². The number of hydrogen-bond donors (Lipinski definition) is 2. The Kier molecular flexibility index (Phi) is 10.0. The van der Waals surface area contributed by atoms with Gasteiger partial charge in [-0.05, 0) is 73.4 Å². The molecule has 3 aliphatic rings.